The Balaban J connectivity index is 2.64. The molecular formula is C15H11. The Kier molecular flexibility index (Phi) is 1.75. The van der Waals surface area contributed by atoms with E-state index < -0.39 is 0 Å². The van der Waals surface area contributed by atoms with Gasteiger partial charge in [0.05, 0.1) is 0 Å². The van der Waals surface area contributed by atoms with Gasteiger partial charge in [0.2, 0.25) is 0 Å². The molecule has 1 radical (unpaired) electrons. The maximum Gasteiger partial charge on any atom is -0.00761 e. The molecule has 3 rings (SSSR count). The minimum absolute atomic E-state index is 1.26. The number of hydrogen-bond donors (Lipinski definition) is 0. The third-order valence-corrected chi connectivity index (χ3v) is 2.91. The molecule has 0 bridgehead atoms. The number of hydrogen-bond acceptors (Lipinski definition) is 0. The second-order valence-corrected chi connectivity index (χ2v) is 3.89. The van der Waals surface area contributed by atoms with Crippen LogP contribution < -0.4 is 0 Å². The van der Waals surface area contributed by atoms with Gasteiger partial charge < -0.3 is 0 Å². The average Bonchev–Trinajstić information content (AvgIpc) is 2.29. The van der Waals surface area contributed by atoms with Gasteiger partial charge in [-0.15, -0.1) is 0 Å². The lowest BCUT2D eigenvalue weighted by Gasteiger charge is -2.06. The highest BCUT2D eigenvalue weighted by molar-refractivity contribution is 6.08. The molecule has 0 unspecified atom stereocenters. The van der Waals surface area contributed by atoms with Gasteiger partial charge in [-0.2, -0.15) is 0 Å². The van der Waals surface area contributed by atoms with Crippen molar-refractivity contribution in [3.05, 3.63) is 60.2 Å². The second-order valence-electron chi connectivity index (χ2n) is 3.89. The third kappa shape index (κ3) is 1.22. The zero-order chi connectivity index (χ0) is 10.3. The molecule has 15 heavy (non-hydrogen) atoms. The summed E-state index contributed by atoms with van der Waals surface area (Å²) in [6.07, 6.45) is 0. The predicted molar refractivity (Wildman–Crippen MR) is 65.0 cm³/mol. The quantitative estimate of drug-likeness (QED) is 0.469. The van der Waals surface area contributed by atoms with E-state index in [4.69, 9.17) is 0 Å². The Morgan fingerprint density at radius 3 is 2.73 bits per heavy atom. The molecule has 0 amide bonds. The van der Waals surface area contributed by atoms with E-state index in [0.29, 0.717) is 0 Å². The van der Waals surface area contributed by atoms with Crippen LogP contribution in [0.5, 0.6) is 0 Å². The molecule has 0 aliphatic rings. The number of aryl methyl sites for hydroxylation is 1. The molecular weight excluding hydrogens is 180 g/mol. The van der Waals surface area contributed by atoms with Gasteiger partial charge in [-0.05, 0) is 46.2 Å². The molecule has 0 nitrogen and oxygen atoms in total. The van der Waals surface area contributed by atoms with Crippen LogP contribution in [0.25, 0.3) is 21.5 Å². The van der Waals surface area contributed by atoms with Crippen molar-refractivity contribution in [2.45, 2.75) is 6.92 Å². The molecule has 0 aromatic heterocycles. The Morgan fingerprint density at radius 1 is 0.933 bits per heavy atom. The lowest BCUT2D eigenvalue weighted by molar-refractivity contribution is 1.54. The molecule has 0 atom stereocenters. The summed E-state index contributed by atoms with van der Waals surface area (Å²) in [6, 6.07) is 20.1. The van der Waals surface area contributed by atoms with E-state index in [1.165, 1.54) is 27.1 Å². The summed E-state index contributed by atoms with van der Waals surface area (Å²) in [5.41, 5.74) is 1.34. The van der Waals surface area contributed by atoms with Crippen LogP contribution in [0, 0.1) is 13.0 Å². The number of rotatable bonds is 0. The van der Waals surface area contributed by atoms with Crippen molar-refractivity contribution in [2.75, 3.05) is 0 Å². The SMILES string of the molecule is Cc1cccc2ccc3c[c]ccc3c12. The molecule has 0 fully saturated rings. The number of fused-ring (bicyclic) bond motifs is 3. The molecule has 0 spiro atoms. The van der Waals surface area contributed by atoms with Crippen molar-refractivity contribution in [3.8, 4) is 0 Å². The number of benzene rings is 3. The molecule has 0 aliphatic carbocycles. The summed E-state index contributed by atoms with van der Waals surface area (Å²) in [4.78, 5) is 0. The van der Waals surface area contributed by atoms with E-state index in [9.17, 15) is 0 Å². The van der Waals surface area contributed by atoms with Crippen molar-refractivity contribution in [3.63, 3.8) is 0 Å². The standard InChI is InChI=1S/C15H11/c1-11-5-4-7-13-10-9-12-6-2-3-8-14(12)15(11)13/h3-10H,1H3. The smallest absolute Gasteiger partial charge is 0.00761 e. The molecule has 71 valence electrons. The van der Waals surface area contributed by atoms with Crippen molar-refractivity contribution in [1.29, 1.82) is 0 Å². The van der Waals surface area contributed by atoms with Crippen LogP contribution in [0.15, 0.2) is 48.5 Å². The molecule has 0 N–H and O–H groups in total. The molecule has 0 saturated heterocycles. The Labute approximate surface area is 89.2 Å². The van der Waals surface area contributed by atoms with Crippen LogP contribution in [-0.4, -0.2) is 0 Å². The van der Waals surface area contributed by atoms with Crippen molar-refractivity contribution in [2.24, 2.45) is 0 Å². The van der Waals surface area contributed by atoms with Crippen LogP contribution >= 0.6 is 0 Å². The van der Waals surface area contributed by atoms with Gasteiger partial charge in [0.1, 0.15) is 0 Å². The first kappa shape index (κ1) is 8.49. The second kappa shape index (κ2) is 3.09. The monoisotopic (exact) mass is 191 g/mol. The lowest BCUT2D eigenvalue weighted by atomic mass is 9.99. The van der Waals surface area contributed by atoms with Crippen LogP contribution in [0.2, 0.25) is 0 Å². The third-order valence-electron chi connectivity index (χ3n) is 2.91. The minimum atomic E-state index is 1.26. The van der Waals surface area contributed by atoms with E-state index >= 15 is 0 Å². The summed E-state index contributed by atoms with van der Waals surface area (Å²) in [5.74, 6) is 0. The van der Waals surface area contributed by atoms with Gasteiger partial charge in [0.15, 0.2) is 0 Å². The largest absolute Gasteiger partial charge is 0.0614 e. The van der Waals surface area contributed by atoms with Gasteiger partial charge in [-0.25, -0.2) is 0 Å². The minimum Gasteiger partial charge on any atom is -0.0614 e. The Bertz CT molecular complexity index is 636. The summed E-state index contributed by atoms with van der Waals surface area (Å²) < 4.78 is 0. The van der Waals surface area contributed by atoms with Crippen molar-refractivity contribution >= 4 is 21.5 Å². The van der Waals surface area contributed by atoms with E-state index in [1.807, 2.05) is 12.1 Å². The highest BCUT2D eigenvalue weighted by atomic mass is 14.0. The first-order valence-electron chi connectivity index (χ1n) is 5.14. The molecule has 0 heteroatoms. The molecule has 0 aliphatic heterocycles. The Morgan fingerprint density at radius 2 is 1.80 bits per heavy atom. The van der Waals surface area contributed by atoms with E-state index in [-0.39, 0.29) is 0 Å². The maximum absolute atomic E-state index is 3.12. The van der Waals surface area contributed by atoms with Gasteiger partial charge >= 0.3 is 0 Å². The van der Waals surface area contributed by atoms with Gasteiger partial charge in [-0.1, -0.05) is 42.5 Å². The zero-order valence-corrected chi connectivity index (χ0v) is 8.62. The fourth-order valence-corrected chi connectivity index (χ4v) is 2.19. The summed E-state index contributed by atoms with van der Waals surface area (Å²) in [7, 11) is 0. The topological polar surface area (TPSA) is 0 Å². The average molecular weight is 191 g/mol. The normalized spacial score (nSPS) is 11.0. The van der Waals surface area contributed by atoms with E-state index in [0.717, 1.165) is 0 Å². The molecule has 0 heterocycles. The van der Waals surface area contributed by atoms with Gasteiger partial charge in [-0.3, -0.25) is 0 Å². The van der Waals surface area contributed by atoms with Crippen molar-refractivity contribution in [1.82, 2.24) is 0 Å². The maximum atomic E-state index is 3.12. The van der Waals surface area contributed by atoms with Crippen LogP contribution in [0.3, 0.4) is 0 Å². The summed E-state index contributed by atoms with van der Waals surface area (Å²) in [6.45, 7) is 2.17. The summed E-state index contributed by atoms with van der Waals surface area (Å²) >= 11 is 0. The first-order valence-corrected chi connectivity index (χ1v) is 5.14. The van der Waals surface area contributed by atoms with Crippen LogP contribution in [0.4, 0.5) is 0 Å². The highest BCUT2D eigenvalue weighted by Crippen LogP contribution is 2.27. The zero-order valence-electron chi connectivity index (χ0n) is 8.62. The van der Waals surface area contributed by atoms with E-state index in [2.05, 4.69) is 49.4 Å². The van der Waals surface area contributed by atoms with Crippen LogP contribution in [0.1, 0.15) is 5.56 Å². The summed E-state index contributed by atoms with van der Waals surface area (Å²) in [5, 5.41) is 5.27. The van der Waals surface area contributed by atoms with Crippen molar-refractivity contribution < 1.29 is 0 Å². The van der Waals surface area contributed by atoms with Crippen LogP contribution in [-0.2, 0) is 0 Å². The molecule has 3 aromatic rings. The predicted octanol–water partition coefficient (Wildman–Crippen LogP) is 4.10. The lowest BCUT2D eigenvalue weighted by Crippen LogP contribution is -1.80. The Hall–Kier alpha value is -1.82. The first-order chi connectivity index (χ1) is 7.36. The molecule has 0 saturated carbocycles. The van der Waals surface area contributed by atoms with Gasteiger partial charge in [0.25, 0.3) is 0 Å². The van der Waals surface area contributed by atoms with E-state index in [1.54, 1.807) is 0 Å². The van der Waals surface area contributed by atoms with Gasteiger partial charge in [0, 0.05) is 0 Å². The highest BCUT2D eigenvalue weighted by Gasteiger charge is 2.01. The fourth-order valence-electron chi connectivity index (χ4n) is 2.19. The fraction of sp³-hybridized carbons (Fsp3) is 0.0667. The molecule has 3 aromatic carbocycles.